The summed E-state index contributed by atoms with van der Waals surface area (Å²) >= 11 is 0. The fourth-order valence-electron chi connectivity index (χ4n) is 4.10. The number of carbonyl (C=O) groups is 1. The molecule has 4 nitrogen and oxygen atoms in total. The molecule has 0 saturated heterocycles. The fraction of sp³-hybridized carbons (Fsp3) is 0.409. The first-order valence-electron chi connectivity index (χ1n) is 9.38. The van der Waals surface area contributed by atoms with Crippen molar-refractivity contribution in [3.05, 3.63) is 60.3 Å². The molecule has 1 fully saturated rings. The van der Waals surface area contributed by atoms with Crippen LogP contribution in [0.25, 0.3) is 10.9 Å². The number of aromatic nitrogens is 1. The second-order valence-corrected chi connectivity index (χ2v) is 7.29. The van der Waals surface area contributed by atoms with E-state index in [1.165, 1.54) is 20.0 Å². The Morgan fingerprint density at radius 2 is 2.08 bits per heavy atom. The van der Waals surface area contributed by atoms with Crippen molar-refractivity contribution < 1.29 is 14.3 Å². The van der Waals surface area contributed by atoms with Gasteiger partial charge in [-0.15, -0.1) is 0 Å². The zero-order valence-electron chi connectivity index (χ0n) is 15.2. The van der Waals surface area contributed by atoms with Crippen molar-refractivity contribution in [2.75, 3.05) is 7.11 Å². The largest absolute Gasteiger partial charge is 0.465 e. The first-order valence-corrected chi connectivity index (χ1v) is 9.38. The Kier molecular flexibility index (Phi) is 4.68. The number of nitrogens with zero attached hydrogens (tertiary/aromatic N) is 1. The number of benzene rings is 1. The summed E-state index contributed by atoms with van der Waals surface area (Å²) in [4.78, 5) is 11.8. The van der Waals surface area contributed by atoms with Gasteiger partial charge in [0.1, 0.15) is 5.60 Å². The standard InChI is InChI=1S/C22H25NO3/c1-25-21(24)18-9-10-20-17(15-18)11-14-23(20)16-22(12-5-2-6-13-22)26-19-7-3-4-8-19/h2,5-6,9-12,14-15,19H,3-4,7-8,13,16H2,1H3. The van der Waals surface area contributed by atoms with Crippen molar-refractivity contribution >= 4 is 16.9 Å². The van der Waals surface area contributed by atoms with E-state index in [1.54, 1.807) is 0 Å². The van der Waals surface area contributed by atoms with Crippen LogP contribution in [0.2, 0.25) is 0 Å². The van der Waals surface area contributed by atoms with Crippen LogP contribution in [0.4, 0.5) is 0 Å². The van der Waals surface area contributed by atoms with Gasteiger partial charge in [0, 0.05) is 23.5 Å². The molecule has 1 saturated carbocycles. The molecule has 1 atom stereocenters. The van der Waals surface area contributed by atoms with E-state index in [2.05, 4.69) is 35.1 Å². The Hall–Kier alpha value is -2.33. The minimum absolute atomic E-state index is 0.295. The summed E-state index contributed by atoms with van der Waals surface area (Å²) in [5.41, 5.74) is 1.39. The first kappa shape index (κ1) is 17.1. The second-order valence-electron chi connectivity index (χ2n) is 7.29. The summed E-state index contributed by atoms with van der Waals surface area (Å²) in [6, 6.07) is 7.76. The Bertz CT molecular complexity index is 857. The molecule has 136 valence electrons. The normalized spacial score (nSPS) is 23.0. The second kappa shape index (κ2) is 7.12. The molecule has 0 radical (unpaired) electrons. The monoisotopic (exact) mass is 351 g/mol. The van der Waals surface area contributed by atoms with Gasteiger partial charge in [-0.2, -0.15) is 0 Å². The van der Waals surface area contributed by atoms with Gasteiger partial charge < -0.3 is 14.0 Å². The first-order chi connectivity index (χ1) is 12.7. The molecular formula is C22H25NO3. The molecule has 0 spiro atoms. The van der Waals surface area contributed by atoms with Gasteiger partial charge in [0.2, 0.25) is 0 Å². The van der Waals surface area contributed by atoms with Gasteiger partial charge in [0.05, 0.1) is 25.3 Å². The van der Waals surface area contributed by atoms with Crippen molar-refractivity contribution in [3.63, 3.8) is 0 Å². The third-order valence-electron chi connectivity index (χ3n) is 5.44. The minimum atomic E-state index is -0.305. The van der Waals surface area contributed by atoms with Gasteiger partial charge in [0.25, 0.3) is 0 Å². The lowest BCUT2D eigenvalue weighted by Crippen LogP contribution is -2.38. The summed E-state index contributed by atoms with van der Waals surface area (Å²) < 4.78 is 13.7. The van der Waals surface area contributed by atoms with Gasteiger partial charge in [-0.3, -0.25) is 0 Å². The summed E-state index contributed by atoms with van der Waals surface area (Å²) in [6.45, 7) is 0.769. The average molecular weight is 351 g/mol. The number of fused-ring (bicyclic) bond motifs is 1. The number of esters is 1. The van der Waals surface area contributed by atoms with Crippen molar-refractivity contribution in [3.8, 4) is 0 Å². The molecule has 26 heavy (non-hydrogen) atoms. The molecule has 2 aromatic rings. The van der Waals surface area contributed by atoms with E-state index >= 15 is 0 Å². The Labute approximate surface area is 154 Å². The number of carbonyl (C=O) groups excluding carboxylic acids is 1. The van der Waals surface area contributed by atoms with Crippen LogP contribution >= 0.6 is 0 Å². The van der Waals surface area contributed by atoms with Crippen LogP contribution in [0.5, 0.6) is 0 Å². The van der Waals surface area contributed by atoms with Crippen LogP contribution < -0.4 is 0 Å². The topological polar surface area (TPSA) is 40.5 Å². The molecule has 1 aromatic heterocycles. The molecule has 2 aliphatic carbocycles. The van der Waals surface area contributed by atoms with E-state index in [1.807, 2.05) is 24.3 Å². The Morgan fingerprint density at radius 1 is 1.23 bits per heavy atom. The Balaban J connectivity index is 1.62. The summed E-state index contributed by atoms with van der Waals surface area (Å²) in [5.74, 6) is -0.305. The van der Waals surface area contributed by atoms with Crippen molar-refractivity contribution in [1.82, 2.24) is 4.57 Å². The van der Waals surface area contributed by atoms with Crippen LogP contribution in [0.1, 0.15) is 42.5 Å². The average Bonchev–Trinajstić information content (AvgIpc) is 3.31. The van der Waals surface area contributed by atoms with Gasteiger partial charge in [-0.05, 0) is 37.1 Å². The maximum Gasteiger partial charge on any atom is 0.337 e. The third-order valence-corrected chi connectivity index (χ3v) is 5.44. The highest BCUT2D eigenvalue weighted by atomic mass is 16.5. The molecular weight excluding hydrogens is 326 g/mol. The SMILES string of the molecule is COC(=O)c1ccc2c(ccn2CC2(OC3CCCC3)C=CC=CC2)c1. The van der Waals surface area contributed by atoms with Crippen molar-refractivity contribution in [1.29, 1.82) is 0 Å². The summed E-state index contributed by atoms with van der Waals surface area (Å²) in [5, 5.41) is 1.04. The van der Waals surface area contributed by atoms with Crippen molar-refractivity contribution in [2.45, 2.75) is 50.4 Å². The van der Waals surface area contributed by atoms with Crippen molar-refractivity contribution in [2.24, 2.45) is 0 Å². The smallest absolute Gasteiger partial charge is 0.337 e. The minimum Gasteiger partial charge on any atom is -0.465 e. The molecule has 4 rings (SSSR count). The number of rotatable bonds is 5. The number of ether oxygens (including phenoxy) is 2. The highest BCUT2D eigenvalue weighted by Gasteiger charge is 2.33. The number of methoxy groups -OCH3 is 1. The Morgan fingerprint density at radius 3 is 2.81 bits per heavy atom. The molecule has 0 bridgehead atoms. The molecule has 0 N–H and O–H groups in total. The maximum atomic E-state index is 11.8. The zero-order chi connectivity index (χ0) is 18.0. The van der Waals surface area contributed by atoms with Crippen LogP contribution in [-0.4, -0.2) is 29.4 Å². The predicted octanol–water partition coefficient (Wildman–Crippen LogP) is 4.64. The number of hydrogen-bond donors (Lipinski definition) is 0. The molecule has 1 unspecified atom stereocenters. The highest BCUT2D eigenvalue weighted by molar-refractivity contribution is 5.94. The zero-order valence-corrected chi connectivity index (χ0v) is 15.2. The van der Waals surface area contributed by atoms with Crippen LogP contribution in [0, 0.1) is 0 Å². The quantitative estimate of drug-likeness (QED) is 0.737. The number of hydrogen-bond acceptors (Lipinski definition) is 3. The predicted molar refractivity (Wildman–Crippen MR) is 102 cm³/mol. The van der Waals surface area contributed by atoms with Crippen LogP contribution in [0.15, 0.2) is 54.8 Å². The lowest BCUT2D eigenvalue weighted by molar-refractivity contribution is -0.0677. The van der Waals surface area contributed by atoms with Gasteiger partial charge in [0.15, 0.2) is 0 Å². The van der Waals surface area contributed by atoms with E-state index in [-0.39, 0.29) is 11.6 Å². The van der Waals surface area contributed by atoms with E-state index in [4.69, 9.17) is 9.47 Å². The van der Waals surface area contributed by atoms with Gasteiger partial charge >= 0.3 is 5.97 Å². The van der Waals surface area contributed by atoms with Crippen LogP contribution in [0.3, 0.4) is 0 Å². The maximum absolute atomic E-state index is 11.8. The number of allylic oxidation sites excluding steroid dienone is 2. The summed E-state index contributed by atoms with van der Waals surface area (Å²) in [6.07, 6.45) is 16.8. The molecule has 2 aliphatic rings. The van der Waals surface area contributed by atoms with Gasteiger partial charge in [-0.1, -0.05) is 37.1 Å². The molecule has 0 amide bonds. The van der Waals surface area contributed by atoms with E-state index in [0.29, 0.717) is 11.7 Å². The lowest BCUT2D eigenvalue weighted by atomic mass is 9.94. The van der Waals surface area contributed by atoms with E-state index < -0.39 is 0 Å². The van der Waals surface area contributed by atoms with E-state index in [0.717, 1.165) is 36.7 Å². The molecule has 1 heterocycles. The molecule has 4 heteroatoms. The lowest BCUT2D eigenvalue weighted by Gasteiger charge is -2.35. The van der Waals surface area contributed by atoms with Gasteiger partial charge in [-0.25, -0.2) is 4.79 Å². The fourth-order valence-corrected chi connectivity index (χ4v) is 4.10. The van der Waals surface area contributed by atoms with Crippen LogP contribution in [-0.2, 0) is 16.0 Å². The summed E-state index contributed by atoms with van der Waals surface area (Å²) in [7, 11) is 1.41. The third kappa shape index (κ3) is 3.34. The highest BCUT2D eigenvalue weighted by Crippen LogP contribution is 2.33. The van der Waals surface area contributed by atoms with E-state index in [9.17, 15) is 4.79 Å². The molecule has 1 aromatic carbocycles. The molecule has 0 aliphatic heterocycles.